The van der Waals surface area contributed by atoms with E-state index in [9.17, 15) is 0 Å². The van der Waals surface area contributed by atoms with E-state index in [0.29, 0.717) is 5.56 Å². The Labute approximate surface area is 107 Å². The summed E-state index contributed by atoms with van der Waals surface area (Å²) >= 11 is 0. The minimum Gasteiger partial charge on any atom is -0.373 e. The predicted molar refractivity (Wildman–Crippen MR) is 71.3 cm³/mol. The first-order chi connectivity index (χ1) is 8.72. The van der Waals surface area contributed by atoms with E-state index in [1.807, 2.05) is 49.1 Å². The van der Waals surface area contributed by atoms with Crippen LogP contribution in [-0.2, 0) is 13.5 Å². The molecule has 0 fully saturated rings. The SMILES string of the molecule is CN(CCc1nccn1C)c1ccccc1C#N. The average molecular weight is 240 g/mol. The van der Waals surface area contributed by atoms with Crippen molar-refractivity contribution < 1.29 is 0 Å². The number of anilines is 1. The maximum atomic E-state index is 9.07. The van der Waals surface area contributed by atoms with Crippen LogP contribution < -0.4 is 4.90 Å². The lowest BCUT2D eigenvalue weighted by atomic mass is 10.2. The van der Waals surface area contributed by atoms with E-state index in [4.69, 9.17) is 5.26 Å². The van der Waals surface area contributed by atoms with Crippen molar-refractivity contribution in [2.24, 2.45) is 7.05 Å². The van der Waals surface area contributed by atoms with E-state index in [1.165, 1.54) is 0 Å². The molecule has 2 aromatic rings. The summed E-state index contributed by atoms with van der Waals surface area (Å²) in [5.41, 5.74) is 1.68. The summed E-state index contributed by atoms with van der Waals surface area (Å²) in [6, 6.07) is 9.86. The maximum Gasteiger partial charge on any atom is 0.110 e. The van der Waals surface area contributed by atoms with Crippen LogP contribution in [0, 0.1) is 11.3 Å². The van der Waals surface area contributed by atoms with E-state index in [1.54, 1.807) is 6.20 Å². The third kappa shape index (κ3) is 2.51. The number of nitrogens with zero attached hydrogens (tertiary/aromatic N) is 4. The highest BCUT2D eigenvalue weighted by molar-refractivity contribution is 5.58. The summed E-state index contributed by atoms with van der Waals surface area (Å²) in [6.45, 7) is 0.837. The fraction of sp³-hybridized carbons (Fsp3) is 0.286. The normalized spacial score (nSPS) is 10.1. The number of likely N-dealkylation sites (N-methyl/N-ethyl adjacent to an activating group) is 1. The third-order valence-electron chi connectivity index (χ3n) is 3.03. The van der Waals surface area contributed by atoms with E-state index in [2.05, 4.69) is 16.0 Å². The molecule has 0 saturated heterocycles. The van der Waals surface area contributed by atoms with Crippen LogP contribution in [0.5, 0.6) is 0 Å². The smallest absolute Gasteiger partial charge is 0.110 e. The molecule has 1 heterocycles. The van der Waals surface area contributed by atoms with Gasteiger partial charge in [0, 0.05) is 39.5 Å². The fourth-order valence-corrected chi connectivity index (χ4v) is 1.93. The molecule has 0 saturated carbocycles. The summed E-state index contributed by atoms with van der Waals surface area (Å²) in [5, 5.41) is 9.07. The number of imidazole rings is 1. The standard InChI is InChI=1S/C14H16N4/c1-17(9-7-14-16-8-10-18(14)2)13-6-4-3-5-12(13)11-15/h3-6,8,10H,7,9H2,1-2H3. The number of para-hydroxylation sites is 1. The van der Waals surface area contributed by atoms with Gasteiger partial charge in [-0.05, 0) is 12.1 Å². The van der Waals surface area contributed by atoms with Crippen LogP contribution in [0.1, 0.15) is 11.4 Å². The van der Waals surface area contributed by atoms with Crippen molar-refractivity contribution in [3.05, 3.63) is 48.0 Å². The molecule has 0 aliphatic carbocycles. The minimum atomic E-state index is 0.708. The molecular formula is C14H16N4. The lowest BCUT2D eigenvalue weighted by Crippen LogP contribution is -2.22. The lowest BCUT2D eigenvalue weighted by molar-refractivity contribution is 0.756. The van der Waals surface area contributed by atoms with Gasteiger partial charge in [0.25, 0.3) is 0 Å². The number of rotatable bonds is 4. The fourth-order valence-electron chi connectivity index (χ4n) is 1.93. The molecule has 1 aromatic carbocycles. The number of benzene rings is 1. The molecule has 0 atom stereocenters. The molecule has 0 N–H and O–H groups in total. The molecule has 0 amide bonds. The number of aromatic nitrogens is 2. The summed E-state index contributed by atoms with van der Waals surface area (Å²) < 4.78 is 2.02. The van der Waals surface area contributed by atoms with Gasteiger partial charge in [0.15, 0.2) is 0 Å². The molecule has 4 nitrogen and oxygen atoms in total. The zero-order valence-electron chi connectivity index (χ0n) is 10.7. The van der Waals surface area contributed by atoms with Gasteiger partial charge in [-0.15, -0.1) is 0 Å². The van der Waals surface area contributed by atoms with Gasteiger partial charge in [-0.25, -0.2) is 4.98 Å². The second kappa shape index (κ2) is 5.37. The first kappa shape index (κ1) is 12.2. The third-order valence-corrected chi connectivity index (χ3v) is 3.03. The molecule has 2 rings (SSSR count). The first-order valence-electron chi connectivity index (χ1n) is 5.89. The summed E-state index contributed by atoms with van der Waals surface area (Å²) in [4.78, 5) is 6.39. The monoisotopic (exact) mass is 240 g/mol. The average Bonchev–Trinajstić information content (AvgIpc) is 2.81. The van der Waals surface area contributed by atoms with E-state index >= 15 is 0 Å². The molecular weight excluding hydrogens is 224 g/mol. The highest BCUT2D eigenvalue weighted by Gasteiger charge is 2.07. The van der Waals surface area contributed by atoms with Gasteiger partial charge >= 0.3 is 0 Å². The molecule has 18 heavy (non-hydrogen) atoms. The van der Waals surface area contributed by atoms with E-state index in [0.717, 1.165) is 24.5 Å². The summed E-state index contributed by atoms with van der Waals surface area (Å²) in [6.07, 6.45) is 4.61. The maximum absolute atomic E-state index is 9.07. The Bertz CT molecular complexity index is 565. The van der Waals surface area contributed by atoms with Crippen LogP contribution in [0.25, 0.3) is 0 Å². The molecule has 0 spiro atoms. The molecule has 0 radical (unpaired) electrons. The highest BCUT2D eigenvalue weighted by Crippen LogP contribution is 2.18. The Kier molecular flexibility index (Phi) is 3.63. The van der Waals surface area contributed by atoms with Gasteiger partial charge < -0.3 is 9.47 Å². The molecule has 1 aromatic heterocycles. The van der Waals surface area contributed by atoms with Gasteiger partial charge in [0.1, 0.15) is 11.9 Å². The number of hydrogen-bond acceptors (Lipinski definition) is 3. The molecule has 0 aliphatic rings. The van der Waals surface area contributed by atoms with Crippen LogP contribution in [0.15, 0.2) is 36.7 Å². The predicted octanol–water partition coefficient (Wildman–Crippen LogP) is 1.97. The van der Waals surface area contributed by atoms with Crippen LogP contribution in [0.3, 0.4) is 0 Å². The summed E-state index contributed by atoms with van der Waals surface area (Å²) in [5.74, 6) is 1.05. The van der Waals surface area contributed by atoms with Gasteiger partial charge in [0.2, 0.25) is 0 Å². The Morgan fingerprint density at radius 1 is 1.39 bits per heavy atom. The summed E-state index contributed by atoms with van der Waals surface area (Å²) in [7, 11) is 3.99. The topological polar surface area (TPSA) is 44.9 Å². The minimum absolute atomic E-state index is 0.708. The molecule has 0 aliphatic heterocycles. The van der Waals surface area contributed by atoms with Gasteiger partial charge in [-0.2, -0.15) is 5.26 Å². The zero-order chi connectivity index (χ0) is 13.0. The number of hydrogen-bond donors (Lipinski definition) is 0. The lowest BCUT2D eigenvalue weighted by Gasteiger charge is -2.20. The largest absolute Gasteiger partial charge is 0.373 e. The van der Waals surface area contributed by atoms with Crippen molar-refractivity contribution >= 4 is 5.69 Å². The molecule has 0 bridgehead atoms. The first-order valence-corrected chi connectivity index (χ1v) is 5.89. The molecule has 4 heteroatoms. The number of nitriles is 1. The van der Waals surface area contributed by atoms with Crippen molar-refractivity contribution in [1.29, 1.82) is 5.26 Å². The van der Waals surface area contributed by atoms with Gasteiger partial charge in [-0.1, -0.05) is 12.1 Å². The quantitative estimate of drug-likeness (QED) is 0.820. The van der Waals surface area contributed by atoms with Gasteiger partial charge in [0.05, 0.1) is 11.3 Å². The van der Waals surface area contributed by atoms with Crippen molar-refractivity contribution in [1.82, 2.24) is 9.55 Å². The Balaban J connectivity index is 2.06. The van der Waals surface area contributed by atoms with Crippen LogP contribution in [0.4, 0.5) is 5.69 Å². The zero-order valence-corrected chi connectivity index (χ0v) is 10.7. The Morgan fingerprint density at radius 3 is 2.83 bits per heavy atom. The van der Waals surface area contributed by atoms with E-state index in [-0.39, 0.29) is 0 Å². The second-order valence-corrected chi connectivity index (χ2v) is 4.25. The van der Waals surface area contributed by atoms with Crippen molar-refractivity contribution in [3.63, 3.8) is 0 Å². The Hall–Kier alpha value is -2.28. The highest BCUT2D eigenvalue weighted by atomic mass is 15.1. The van der Waals surface area contributed by atoms with Crippen molar-refractivity contribution in [2.75, 3.05) is 18.5 Å². The van der Waals surface area contributed by atoms with Crippen LogP contribution in [-0.4, -0.2) is 23.1 Å². The Morgan fingerprint density at radius 2 is 2.17 bits per heavy atom. The van der Waals surface area contributed by atoms with E-state index < -0.39 is 0 Å². The van der Waals surface area contributed by atoms with Crippen molar-refractivity contribution in [2.45, 2.75) is 6.42 Å². The second-order valence-electron chi connectivity index (χ2n) is 4.25. The van der Waals surface area contributed by atoms with Crippen molar-refractivity contribution in [3.8, 4) is 6.07 Å². The molecule has 0 unspecified atom stereocenters. The van der Waals surface area contributed by atoms with Gasteiger partial charge in [-0.3, -0.25) is 0 Å². The molecule has 92 valence electrons. The number of aryl methyl sites for hydroxylation is 1. The van der Waals surface area contributed by atoms with Crippen LogP contribution in [0.2, 0.25) is 0 Å². The van der Waals surface area contributed by atoms with Crippen LogP contribution >= 0.6 is 0 Å².